The second kappa shape index (κ2) is 6.83. The van der Waals surface area contributed by atoms with Crippen LogP contribution in [0.4, 0.5) is 11.4 Å². The molecule has 0 saturated carbocycles. The number of nitrogens with zero attached hydrogens (tertiary/aromatic N) is 1. The second-order valence-corrected chi connectivity index (χ2v) is 7.05. The highest BCUT2D eigenvalue weighted by atomic mass is 16.2. The third kappa shape index (κ3) is 3.05. The molecular formula is C22H20N2O3. The maximum Gasteiger partial charge on any atom is 0.257 e. The van der Waals surface area contributed by atoms with Gasteiger partial charge in [0.15, 0.2) is 0 Å². The molecule has 2 atom stereocenters. The molecule has 3 amide bonds. The van der Waals surface area contributed by atoms with Crippen LogP contribution in [0.25, 0.3) is 0 Å². The van der Waals surface area contributed by atoms with Crippen LogP contribution in [0.2, 0.25) is 0 Å². The smallest absolute Gasteiger partial charge is 0.257 e. The number of para-hydroxylation sites is 2. The first-order chi connectivity index (χ1) is 13.1. The first-order valence-electron chi connectivity index (χ1n) is 9.05. The minimum absolute atomic E-state index is 0.211. The van der Waals surface area contributed by atoms with Crippen molar-refractivity contribution in [3.05, 3.63) is 71.8 Å². The van der Waals surface area contributed by atoms with Crippen molar-refractivity contribution in [2.75, 3.05) is 10.2 Å². The van der Waals surface area contributed by atoms with E-state index in [4.69, 9.17) is 0 Å². The molecule has 1 aliphatic heterocycles. The third-order valence-electron chi connectivity index (χ3n) is 5.24. The predicted octanol–water partition coefficient (Wildman–Crippen LogP) is 3.78. The van der Waals surface area contributed by atoms with Crippen molar-refractivity contribution in [2.45, 2.75) is 19.8 Å². The van der Waals surface area contributed by atoms with Crippen LogP contribution >= 0.6 is 0 Å². The highest BCUT2D eigenvalue weighted by Crippen LogP contribution is 2.40. The highest BCUT2D eigenvalue weighted by Gasteiger charge is 2.49. The summed E-state index contributed by atoms with van der Waals surface area (Å²) in [6.07, 6.45) is 3.21. The molecule has 1 saturated heterocycles. The lowest BCUT2D eigenvalue weighted by Crippen LogP contribution is -2.33. The normalized spacial score (nSPS) is 21.7. The van der Waals surface area contributed by atoms with Gasteiger partial charge in [-0.05, 0) is 44.0 Å². The zero-order valence-corrected chi connectivity index (χ0v) is 15.0. The summed E-state index contributed by atoms with van der Waals surface area (Å²) in [7, 11) is 0. The Hall–Kier alpha value is -3.21. The van der Waals surface area contributed by atoms with Crippen molar-refractivity contribution in [3.63, 3.8) is 0 Å². The number of hydrogen-bond acceptors (Lipinski definition) is 3. The Labute approximate surface area is 157 Å². The van der Waals surface area contributed by atoms with Crippen LogP contribution in [0.1, 0.15) is 30.1 Å². The standard InChI is InChI=1S/C22H20N2O3/c1-14-11-12-16-18(13-14)22(27)24(21(16)26)19-10-6-5-9-17(19)20(25)23-15-7-3-2-4-8-15/h2-11,16,18H,12-13H2,1H3,(H,23,25)/t16-,18-/m1/s1. The molecule has 1 fully saturated rings. The lowest BCUT2D eigenvalue weighted by atomic mass is 9.82. The zero-order valence-electron chi connectivity index (χ0n) is 15.0. The molecule has 2 aliphatic rings. The first kappa shape index (κ1) is 17.2. The predicted molar refractivity (Wildman–Crippen MR) is 103 cm³/mol. The molecule has 0 spiro atoms. The van der Waals surface area contributed by atoms with Gasteiger partial charge in [0.25, 0.3) is 5.91 Å². The van der Waals surface area contributed by atoms with Gasteiger partial charge in [-0.15, -0.1) is 0 Å². The van der Waals surface area contributed by atoms with Crippen molar-refractivity contribution in [2.24, 2.45) is 11.8 Å². The molecule has 1 heterocycles. The maximum atomic E-state index is 13.0. The van der Waals surface area contributed by atoms with E-state index in [1.165, 1.54) is 4.90 Å². The van der Waals surface area contributed by atoms with Gasteiger partial charge in [0.1, 0.15) is 0 Å². The largest absolute Gasteiger partial charge is 0.322 e. The van der Waals surface area contributed by atoms with Gasteiger partial charge in [0, 0.05) is 5.69 Å². The molecule has 1 N–H and O–H groups in total. The average molecular weight is 360 g/mol. The molecule has 0 aromatic heterocycles. The van der Waals surface area contributed by atoms with E-state index in [0.29, 0.717) is 29.8 Å². The van der Waals surface area contributed by atoms with Gasteiger partial charge >= 0.3 is 0 Å². The van der Waals surface area contributed by atoms with Crippen molar-refractivity contribution < 1.29 is 14.4 Å². The molecule has 136 valence electrons. The van der Waals surface area contributed by atoms with E-state index in [2.05, 4.69) is 5.32 Å². The Bertz CT molecular complexity index is 949. The molecule has 27 heavy (non-hydrogen) atoms. The van der Waals surface area contributed by atoms with Crippen LogP contribution in [-0.2, 0) is 9.59 Å². The summed E-state index contributed by atoms with van der Waals surface area (Å²) < 4.78 is 0. The number of carbonyl (C=O) groups is 3. The molecular weight excluding hydrogens is 340 g/mol. The molecule has 4 rings (SSSR count). The van der Waals surface area contributed by atoms with Crippen LogP contribution in [0.5, 0.6) is 0 Å². The lowest BCUT2D eigenvalue weighted by molar-refractivity contribution is -0.122. The number of rotatable bonds is 3. The van der Waals surface area contributed by atoms with E-state index in [0.717, 1.165) is 5.57 Å². The quantitative estimate of drug-likeness (QED) is 0.669. The van der Waals surface area contributed by atoms with Gasteiger partial charge in [0.2, 0.25) is 11.8 Å². The lowest BCUT2D eigenvalue weighted by Gasteiger charge is -2.19. The number of hydrogen-bond donors (Lipinski definition) is 1. The zero-order chi connectivity index (χ0) is 19.0. The Morgan fingerprint density at radius 3 is 2.41 bits per heavy atom. The summed E-state index contributed by atoms with van der Waals surface area (Å²) >= 11 is 0. The minimum atomic E-state index is -0.346. The topological polar surface area (TPSA) is 66.5 Å². The van der Waals surface area contributed by atoms with E-state index in [9.17, 15) is 14.4 Å². The molecule has 0 radical (unpaired) electrons. The number of carbonyl (C=O) groups excluding carboxylic acids is 3. The van der Waals surface area contributed by atoms with Crippen molar-refractivity contribution >= 4 is 29.1 Å². The van der Waals surface area contributed by atoms with E-state index < -0.39 is 0 Å². The Balaban J connectivity index is 1.66. The number of allylic oxidation sites excluding steroid dienone is 2. The van der Waals surface area contributed by atoms with Crippen molar-refractivity contribution in [1.82, 2.24) is 0 Å². The van der Waals surface area contributed by atoms with Crippen molar-refractivity contribution in [1.29, 1.82) is 0 Å². The monoisotopic (exact) mass is 360 g/mol. The van der Waals surface area contributed by atoms with Crippen LogP contribution in [0.3, 0.4) is 0 Å². The molecule has 0 unspecified atom stereocenters. The minimum Gasteiger partial charge on any atom is -0.322 e. The Morgan fingerprint density at radius 1 is 0.963 bits per heavy atom. The first-order valence-corrected chi connectivity index (χ1v) is 9.05. The van der Waals surface area contributed by atoms with Crippen LogP contribution in [0.15, 0.2) is 66.2 Å². The van der Waals surface area contributed by atoms with E-state index in [1.54, 1.807) is 36.4 Å². The summed E-state index contributed by atoms with van der Waals surface area (Å²) in [6, 6.07) is 15.9. The van der Waals surface area contributed by atoms with Gasteiger partial charge in [-0.1, -0.05) is 42.0 Å². The van der Waals surface area contributed by atoms with Gasteiger partial charge in [-0.2, -0.15) is 0 Å². The van der Waals surface area contributed by atoms with Gasteiger partial charge < -0.3 is 5.32 Å². The van der Waals surface area contributed by atoms with E-state index >= 15 is 0 Å². The average Bonchev–Trinajstić information content (AvgIpc) is 2.92. The number of imide groups is 1. The number of amides is 3. The summed E-state index contributed by atoms with van der Waals surface area (Å²) in [5.41, 5.74) is 2.46. The van der Waals surface area contributed by atoms with Crippen LogP contribution < -0.4 is 10.2 Å². The molecule has 2 aromatic rings. The number of nitrogens with one attached hydrogen (secondary N) is 1. The summed E-state index contributed by atoms with van der Waals surface area (Å²) in [6.45, 7) is 1.98. The van der Waals surface area contributed by atoms with Gasteiger partial charge in [0.05, 0.1) is 23.1 Å². The van der Waals surface area contributed by atoms with Gasteiger partial charge in [-0.3, -0.25) is 14.4 Å². The summed E-state index contributed by atoms with van der Waals surface area (Å²) in [5, 5.41) is 2.82. The fourth-order valence-electron chi connectivity index (χ4n) is 3.86. The number of anilines is 2. The highest BCUT2D eigenvalue weighted by molar-refractivity contribution is 6.25. The molecule has 2 aromatic carbocycles. The molecule has 5 nitrogen and oxygen atoms in total. The van der Waals surface area contributed by atoms with Crippen molar-refractivity contribution in [3.8, 4) is 0 Å². The Kier molecular flexibility index (Phi) is 4.36. The Morgan fingerprint density at radius 2 is 1.63 bits per heavy atom. The number of benzene rings is 2. The molecule has 1 aliphatic carbocycles. The number of fused-ring (bicyclic) bond motifs is 1. The van der Waals surface area contributed by atoms with Crippen LogP contribution in [0, 0.1) is 11.8 Å². The van der Waals surface area contributed by atoms with E-state index in [-0.39, 0.29) is 29.6 Å². The maximum absolute atomic E-state index is 13.0. The summed E-state index contributed by atoms with van der Waals surface area (Å²) in [5.74, 6) is -1.42. The summed E-state index contributed by atoms with van der Waals surface area (Å²) in [4.78, 5) is 39.9. The second-order valence-electron chi connectivity index (χ2n) is 7.05. The van der Waals surface area contributed by atoms with E-state index in [1.807, 2.05) is 31.2 Å². The third-order valence-corrected chi connectivity index (χ3v) is 5.24. The SMILES string of the molecule is CC1=CC[C@H]2C(=O)N(c3ccccc3C(=O)Nc3ccccc3)C(=O)[C@@H]2C1. The fourth-order valence-corrected chi connectivity index (χ4v) is 3.86. The van der Waals surface area contributed by atoms with Crippen LogP contribution in [-0.4, -0.2) is 17.7 Å². The van der Waals surface area contributed by atoms with Gasteiger partial charge in [-0.25, -0.2) is 4.90 Å². The fraction of sp³-hybridized carbons (Fsp3) is 0.227. The molecule has 5 heteroatoms. The molecule has 0 bridgehead atoms.